The molecule has 2 amide bonds. The number of nitrogens with zero attached hydrogens (tertiary/aromatic N) is 4. The Labute approximate surface area is 206 Å². The van der Waals surface area contributed by atoms with Gasteiger partial charge >= 0.3 is 0 Å². The van der Waals surface area contributed by atoms with Crippen molar-refractivity contribution >= 4 is 17.5 Å². The predicted molar refractivity (Wildman–Crippen MR) is 134 cm³/mol. The smallest absolute Gasteiger partial charge is 0.254 e. The van der Waals surface area contributed by atoms with Gasteiger partial charge < -0.3 is 19.8 Å². The topological polar surface area (TPSA) is 67.3 Å². The fourth-order valence-corrected chi connectivity index (χ4v) is 6.56. The Bertz CT molecular complexity index is 1150. The molecule has 7 nitrogen and oxygen atoms in total. The fourth-order valence-electron chi connectivity index (χ4n) is 6.56. The van der Waals surface area contributed by atoms with Crippen LogP contribution in [0.4, 0.5) is 5.69 Å². The summed E-state index contributed by atoms with van der Waals surface area (Å²) in [5.41, 5.74) is 5.75. The summed E-state index contributed by atoms with van der Waals surface area (Å²) in [7, 11) is 0. The van der Waals surface area contributed by atoms with Crippen LogP contribution in [0.25, 0.3) is 0 Å². The summed E-state index contributed by atoms with van der Waals surface area (Å²) in [5.74, 6) is 0.187. The number of carbonyl (C=O) groups is 2. The lowest BCUT2D eigenvalue weighted by molar-refractivity contribution is -0.129. The third kappa shape index (κ3) is 4.21. The van der Waals surface area contributed by atoms with E-state index in [0.717, 1.165) is 62.3 Å². The first kappa shape index (κ1) is 22.6. The number of aliphatic hydroxyl groups is 1. The van der Waals surface area contributed by atoms with Crippen LogP contribution < -0.4 is 4.90 Å². The third-order valence-electron chi connectivity index (χ3n) is 8.34. The van der Waals surface area contributed by atoms with Crippen LogP contribution in [0.5, 0.6) is 0 Å². The summed E-state index contributed by atoms with van der Waals surface area (Å²) >= 11 is 0. The van der Waals surface area contributed by atoms with Gasteiger partial charge in [0.25, 0.3) is 5.91 Å². The lowest BCUT2D eigenvalue weighted by Crippen LogP contribution is -2.48. The Balaban J connectivity index is 1.07. The van der Waals surface area contributed by atoms with Gasteiger partial charge in [0.15, 0.2) is 0 Å². The molecule has 4 aliphatic rings. The maximum Gasteiger partial charge on any atom is 0.254 e. The minimum atomic E-state index is -0.561. The second kappa shape index (κ2) is 8.95. The minimum Gasteiger partial charge on any atom is -0.390 e. The van der Waals surface area contributed by atoms with Gasteiger partial charge in [0, 0.05) is 70.0 Å². The largest absolute Gasteiger partial charge is 0.390 e. The van der Waals surface area contributed by atoms with Crippen molar-refractivity contribution in [2.75, 3.05) is 44.2 Å². The van der Waals surface area contributed by atoms with Gasteiger partial charge in [-0.1, -0.05) is 24.3 Å². The van der Waals surface area contributed by atoms with E-state index in [4.69, 9.17) is 0 Å². The molecule has 3 atom stereocenters. The van der Waals surface area contributed by atoms with Crippen molar-refractivity contribution in [3.63, 3.8) is 0 Å². The molecule has 2 bridgehead atoms. The molecular weight excluding hydrogens is 440 g/mol. The highest BCUT2D eigenvalue weighted by atomic mass is 16.3. The van der Waals surface area contributed by atoms with Crippen molar-refractivity contribution in [2.45, 2.75) is 50.9 Å². The number of hydrogen-bond donors (Lipinski definition) is 1. The van der Waals surface area contributed by atoms with Crippen LogP contribution in [0, 0.1) is 0 Å². The lowest BCUT2D eigenvalue weighted by atomic mass is 9.97. The first-order chi connectivity index (χ1) is 17.0. The number of likely N-dealkylation sites (tertiary alicyclic amines) is 1. The van der Waals surface area contributed by atoms with E-state index in [1.807, 2.05) is 15.9 Å². The first-order valence-electron chi connectivity index (χ1n) is 12.9. The van der Waals surface area contributed by atoms with Gasteiger partial charge in [-0.3, -0.25) is 14.5 Å². The average molecular weight is 475 g/mol. The summed E-state index contributed by atoms with van der Waals surface area (Å²) < 4.78 is 0. The monoisotopic (exact) mass is 474 g/mol. The highest BCUT2D eigenvalue weighted by Gasteiger charge is 2.44. The number of piperazine rings is 1. The standard InChI is InChI=1S/C28H34N4O3/c1-19(33)31-15-25-13-24(31)16-32(25)23-6-7-27-21(12-23)9-11-30(28(27)35)18-26(34)17-29-10-8-20-4-2-3-5-22(20)14-29/h2-7,12,24-26,34H,8-11,13-18H2,1H3. The molecule has 3 unspecified atom stereocenters. The first-order valence-corrected chi connectivity index (χ1v) is 12.9. The quantitative estimate of drug-likeness (QED) is 0.717. The second-order valence-corrected chi connectivity index (χ2v) is 10.6. The van der Waals surface area contributed by atoms with Crippen LogP contribution in [-0.4, -0.2) is 89.1 Å². The molecule has 6 rings (SSSR count). The molecule has 2 aromatic carbocycles. The Kier molecular flexibility index (Phi) is 5.77. The molecule has 2 saturated heterocycles. The summed E-state index contributed by atoms with van der Waals surface area (Å²) in [4.78, 5) is 33.6. The van der Waals surface area contributed by atoms with E-state index in [2.05, 4.69) is 46.2 Å². The molecule has 2 fully saturated rings. The van der Waals surface area contributed by atoms with E-state index in [1.165, 1.54) is 11.1 Å². The average Bonchev–Trinajstić information content (AvgIpc) is 3.47. The highest BCUT2D eigenvalue weighted by molar-refractivity contribution is 5.97. The highest BCUT2D eigenvalue weighted by Crippen LogP contribution is 2.36. The number of fused-ring (bicyclic) bond motifs is 4. The van der Waals surface area contributed by atoms with E-state index in [-0.39, 0.29) is 11.8 Å². The van der Waals surface area contributed by atoms with Gasteiger partial charge in [0.2, 0.25) is 5.91 Å². The van der Waals surface area contributed by atoms with Crippen LogP contribution in [0.1, 0.15) is 40.4 Å². The Morgan fingerprint density at radius 3 is 2.57 bits per heavy atom. The van der Waals surface area contributed by atoms with Gasteiger partial charge in [0.1, 0.15) is 0 Å². The van der Waals surface area contributed by atoms with E-state index >= 15 is 0 Å². The van der Waals surface area contributed by atoms with E-state index < -0.39 is 6.10 Å². The van der Waals surface area contributed by atoms with Crippen molar-refractivity contribution in [3.8, 4) is 0 Å². The molecule has 35 heavy (non-hydrogen) atoms. The van der Waals surface area contributed by atoms with Gasteiger partial charge in [-0.25, -0.2) is 0 Å². The second-order valence-electron chi connectivity index (χ2n) is 10.6. The van der Waals surface area contributed by atoms with E-state index in [1.54, 1.807) is 6.92 Å². The molecule has 2 aromatic rings. The maximum absolute atomic E-state index is 13.2. The van der Waals surface area contributed by atoms with Crippen molar-refractivity contribution in [1.82, 2.24) is 14.7 Å². The van der Waals surface area contributed by atoms with Crippen molar-refractivity contribution < 1.29 is 14.7 Å². The molecule has 0 radical (unpaired) electrons. The van der Waals surface area contributed by atoms with Crippen molar-refractivity contribution in [3.05, 3.63) is 64.7 Å². The van der Waals surface area contributed by atoms with Gasteiger partial charge in [-0.15, -0.1) is 0 Å². The van der Waals surface area contributed by atoms with Crippen molar-refractivity contribution in [1.29, 1.82) is 0 Å². The SMILES string of the molecule is CC(=O)N1CC2CC1CN2c1ccc2c(c1)CCN(CC(O)CN1CCc3ccccc3C1)C2=O. The molecule has 184 valence electrons. The molecular formula is C28H34N4O3. The zero-order chi connectivity index (χ0) is 24.1. The number of anilines is 1. The zero-order valence-corrected chi connectivity index (χ0v) is 20.4. The number of aliphatic hydroxyl groups excluding tert-OH is 1. The van der Waals surface area contributed by atoms with Gasteiger partial charge in [-0.2, -0.15) is 0 Å². The molecule has 0 aliphatic carbocycles. The van der Waals surface area contributed by atoms with Crippen LogP contribution in [0.2, 0.25) is 0 Å². The minimum absolute atomic E-state index is 0.0199. The molecule has 1 N–H and O–H groups in total. The third-order valence-corrected chi connectivity index (χ3v) is 8.34. The van der Waals surface area contributed by atoms with Gasteiger partial charge in [-0.05, 0) is 54.2 Å². The zero-order valence-electron chi connectivity index (χ0n) is 20.4. The van der Waals surface area contributed by atoms with E-state index in [9.17, 15) is 14.7 Å². The molecule has 4 aliphatic heterocycles. The molecule has 4 heterocycles. The van der Waals surface area contributed by atoms with Crippen molar-refractivity contribution in [2.24, 2.45) is 0 Å². The predicted octanol–water partition coefficient (Wildman–Crippen LogP) is 1.91. The number of β-amino-alcohol motifs (C(OH)–C–C–N with tert-alkyl or cyclic N) is 1. The number of amides is 2. The normalized spacial score (nSPS) is 24.5. The number of hydrogen-bond acceptors (Lipinski definition) is 5. The van der Waals surface area contributed by atoms with Crippen LogP contribution in [-0.2, 0) is 24.2 Å². The number of benzene rings is 2. The Morgan fingerprint density at radius 2 is 1.80 bits per heavy atom. The fraction of sp³-hybridized carbons (Fsp3) is 0.500. The maximum atomic E-state index is 13.2. The van der Waals surface area contributed by atoms with Crippen LogP contribution in [0.3, 0.4) is 0 Å². The summed E-state index contributed by atoms with van der Waals surface area (Å²) in [6, 6.07) is 15.4. The summed E-state index contributed by atoms with van der Waals surface area (Å²) in [6.45, 7) is 6.71. The Morgan fingerprint density at radius 1 is 1.00 bits per heavy atom. The lowest BCUT2D eigenvalue weighted by Gasteiger charge is -2.36. The van der Waals surface area contributed by atoms with Gasteiger partial charge in [0.05, 0.1) is 12.1 Å². The summed E-state index contributed by atoms with van der Waals surface area (Å²) in [6.07, 6.45) is 2.28. The van der Waals surface area contributed by atoms with Crippen LogP contribution in [0.15, 0.2) is 42.5 Å². The molecule has 0 saturated carbocycles. The molecule has 0 spiro atoms. The van der Waals surface area contributed by atoms with Crippen LogP contribution >= 0.6 is 0 Å². The summed E-state index contributed by atoms with van der Waals surface area (Å²) in [5, 5.41) is 10.8. The van der Waals surface area contributed by atoms with E-state index in [0.29, 0.717) is 31.7 Å². The molecule has 7 heteroatoms. The molecule has 0 aromatic heterocycles. The Hall–Kier alpha value is -2.90. The number of carbonyl (C=O) groups excluding carboxylic acids is 2. The number of rotatable bonds is 5.